The molecule has 0 spiro atoms. The second-order valence-electron chi connectivity index (χ2n) is 4.85. The van der Waals surface area contributed by atoms with E-state index in [1.807, 2.05) is 36.4 Å². The predicted octanol–water partition coefficient (Wildman–Crippen LogP) is 4.52. The average Bonchev–Trinajstić information content (AvgIpc) is 2.50. The Morgan fingerprint density at radius 1 is 1.00 bits per heavy atom. The van der Waals surface area contributed by atoms with Crippen molar-refractivity contribution >= 4 is 0 Å². The molecule has 1 N–H and O–H groups in total. The third-order valence-electron chi connectivity index (χ3n) is 3.43. The molecule has 0 aliphatic rings. The lowest BCUT2D eigenvalue weighted by molar-refractivity contribution is 0.414. The first-order valence-electron chi connectivity index (χ1n) is 6.90. The lowest BCUT2D eigenvalue weighted by atomic mass is 9.95. The van der Waals surface area contributed by atoms with Crippen LogP contribution in [0.1, 0.15) is 11.1 Å². The number of aromatic hydroxyl groups is 1. The van der Waals surface area contributed by atoms with Gasteiger partial charge in [-0.15, -0.1) is 13.2 Å². The number of rotatable bonds is 6. The molecule has 0 saturated heterocycles. The maximum Gasteiger partial charge on any atom is 0.119 e. The first-order chi connectivity index (χ1) is 10.2. The topological polar surface area (TPSA) is 29.5 Å². The summed E-state index contributed by atoms with van der Waals surface area (Å²) in [5.41, 5.74) is 4.23. The number of allylic oxidation sites excluding steroid dienone is 2. The standard InChI is InChI=1S/C19H20O2/c1-4-6-14-13-17(21-3)9-10-18(14)15-8-11-19(20)16(12-15)7-5-2/h4-5,8-13,20H,1-2,6-7H2,3H3. The number of hydrogen-bond donors (Lipinski definition) is 1. The van der Waals surface area contributed by atoms with Gasteiger partial charge in [0.25, 0.3) is 0 Å². The van der Waals surface area contributed by atoms with E-state index >= 15 is 0 Å². The van der Waals surface area contributed by atoms with E-state index in [1.165, 1.54) is 0 Å². The van der Waals surface area contributed by atoms with Crippen molar-refractivity contribution in [2.24, 2.45) is 0 Å². The Morgan fingerprint density at radius 3 is 2.38 bits per heavy atom. The zero-order chi connectivity index (χ0) is 15.2. The van der Waals surface area contributed by atoms with E-state index in [1.54, 1.807) is 19.3 Å². The quantitative estimate of drug-likeness (QED) is 0.788. The first-order valence-corrected chi connectivity index (χ1v) is 6.90. The summed E-state index contributed by atoms with van der Waals surface area (Å²) in [6.45, 7) is 7.54. The molecular formula is C19H20O2. The smallest absolute Gasteiger partial charge is 0.119 e. The van der Waals surface area contributed by atoms with E-state index in [0.717, 1.165) is 34.4 Å². The average molecular weight is 280 g/mol. The maximum absolute atomic E-state index is 9.88. The largest absolute Gasteiger partial charge is 0.508 e. The van der Waals surface area contributed by atoms with Crippen LogP contribution in [-0.4, -0.2) is 12.2 Å². The van der Waals surface area contributed by atoms with Crippen molar-refractivity contribution in [3.63, 3.8) is 0 Å². The third kappa shape index (κ3) is 3.34. The van der Waals surface area contributed by atoms with E-state index in [-0.39, 0.29) is 0 Å². The summed E-state index contributed by atoms with van der Waals surface area (Å²) in [5, 5.41) is 9.88. The Balaban J connectivity index is 2.52. The number of hydrogen-bond acceptors (Lipinski definition) is 2. The predicted molar refractivity (Wildman–Crippen MR) is 87.9 cm³/mol. The van der Waals surface area contributed by atoms with Crippen LogP contribution in [0.3, 0.4) is 0 Å². The van der Waals surface area contributed by atoms with Gasteiger partial charge in [0.1, 0.15) is 11.5 Å². The summed E-state index contributed by atoms with van der Waals surface area (Å²) in [6, 6.07) is 11.7. The Kier molecular flexibility index (Phi) is 4.83. The number of benzene rings is 2. The minimum absolute atomic E-state index is 0.303. The number of phenols is 1. The molecule has 2 heteroatoms. The lowest BCUT2D eigenvalue weighted by Gasteiger charge is -2.12. The molecule has 2 nitrogen and oxygen atoms in total. The van der Waals surface area contributed by atoms with Crippen molar-refractivity contribution in [3.05, 3.63) is 72.8 Å². The number of phenolic OH excluding ortho intramolecular Hbond substituents is 1. The highest BCUT2D eigenvalue weighted by molar-refractivity contribution is 5.70. The molecule has 21 heavy (non-hydrogen) atoms. The van der Waals surface area contributed by atoms with Crippen molar-refractivity contribution < 1.29 is 9.84 Å². The maximum atomic E-state index is 9.88. The monoisotopic (exact) mass is 280 g/mol. The zero-order valence-corrected chi connectivity index (χ0v) is 12.3. The molecule has 2 aromatic carbocycles. The third-order valence-corrected chi connectivity index (χ3v) is 3.43. The van der Waals surface area contributed by atoms with Gasteiger partial charge < -0.3 is 9.84 Å². The molecule has 0 aromatic heterocycles. The highest BCUT2D eigenvalue weighted by Crippen LogP contribution is 2.31. The van der Waals surface area contributed by atoms with Crippen LogP contribution in [0.4, 0.5) is 0 Å². The lowest BCUT2D eigenvalue weighted by Crippen LogP contribution is -1.92. The minimum Gasteiger partial charge on any atom is -0.508 e. The van der Waals surface area contributed by atoms with Crippen LogP contribution < -0.4 is 4.74 Å². The molecule has 0 fully saturated rings. The van der Waals surface area contributed by atoms with Crippen molar-refractivity contribution in [3.8, 4) is 22.6 Å². The van der Waals surface area contributed by atoms with Gasteiger partial charge in [0.05, 0.1) is 7.11 Å². The van der Waals surface area contributed by atoms with E-state index < -0.39 is 0 Å². The highest BCUT2D eigenvalue weighted by Gasteiger charge is 2.08. The molecule has 0 heterocycles. The van der Waals surface area contributed by atoms with Crippen molar-refractivity contribution in [2.75, 3.05) is 7.11 Å². The molecule has 108 valence electrons. The van der Waals surface area contributed by atoms with Crippen LogP contribution in [0.2, 0.25) is 0 Å². The molecule has 0 aliphatic heterocycles. The van der Waals surface area contributed by atoms with E-state index in [9.17, 15) is 5.11 Å². The SMILES string of the molecule is C=CCc1cc(-c2ccc(OC)cc2CC=C)ccc1O. The van der Waals surface area contributed by atoms with E-state index in [4.69, 9.17) is 4.74 Å². The van der Waals surface area contributed by atoms with Crippen LogP contribution in [0.25, 0.3) is 11.1 Å². The van der Waals surface area contributed by atoms with Gasteiger partial charge in [0.2, 0.25) is 0 Å². The van der Waals surface area contributed by atoms with Crippen LogP contribution in [0.5, 0.6) is 11.5 Å². The normalized spacial score (nSPS) is 10.1. The summed E-state index contributed by atoms with van der Waals surface area (Å²) in [5.74, 6) is 1.14. The van der Waals surface area contributed by atoms with Gasteiger partial charge >= 0.3 is 0 Å². The second kappa shape index (κ2) is 6.80. The van der Waals surface area contributed by atoms with Gasteiger partial charge in [-0.1, -0.05) is 24.3 Å². The molecule has 0 unspecified atom stereocenters. The summed E-state index contributed by atoms with van der Waals surface area (Å²) < 4.78 is 5.29. The van der Waals surface area contributed by atoms with E-state index in [2.05, 4.69) is 13.2 Å². The van der Waals surface area contributed by atoms with Crippen LogP contribution >= 0.6 is 0 Å². The molecule has 0 atom stereocenters. The highest BCUT2D eigenvalue weighted by atomic mass is 16.5. The fourth-order valence-electron chi connectivity index (χ4n) is 2.38. The van der Waals surface area contributed by atoms with Gasteiger partial charge in [0, 0.05) is 0 Å². The first kappa shape index (κ1) is 14.9. The summed E-state index contributed by atoms with van der Waals surface area (Å²) in [4.78, 5) is 0. The van der Waals surface area contributed by atoms with Crippen molar-refractivity contribution in [1.29, 1.82) is 0 Å². The Morgan fingerprint density at radius 2 is 1.71 bits per heavy atom. The Bertz CT molecular complexity index is 657. The second-order valence-corrected chi connectivity index (χ2v) is 4.85. The molecule has 0 bridgehead atoms. The van der Waals surface area contributed by atoms with Crippen LogP contribution in [0, 0.1) is 0 Å². The van der Waals surface area contributed by atoms with Crippen molar-refractivity contribution in [1.82, 2.24) is 0 Å². The number of ether oxygens (including phenoxy) is 1. The fourth-order valence-corrected chi connectivity index (χ4v) is 2.38. The Labute approximate surface area is 126 Å². The molecule has 0 saturated carbocycles. The zero-order valence-electron chi connectivity index (χ0n) is 12.3. The van der Waals surface area contributed by atoms with Gasteiger partial charge in [-0.3, -0.25) is 0 Å². The van der Waals surface area contributed by atoms with E-state index in [0.29, 0.717) is 12.2 Å². The van der Waals surface area contributed by atoms with Crippen LogP contribution in [0.15, 0.2) is 61.7 Å². The number of methoxy groups -OCH3 is 1. The Hall–Kier alpha value is -2.48. The van der Waals surface area contributed by atoms with Gasteiger partial charge in [-0.25, -0.2) is 0 Å². The van der Waals surface area contributed by atoms with Gasteiger partial charge in [-0.05, 0) is 59.4 Å². The molecular weight excluding hydrogens is 260 g/mol. The van der Waals surface area contributed by atoms with Crippen LogP contribution in [-0.2, 0) is 12.8 Å². The summed E-state index contributed by atoms with van der Waals surface area (Å²) in [7, 11) is 1.66. The molecule has 0 radical (unpaired) electrons. The molecule has 0 aliphatic carbocycles. The summed E-state index contributed by atoms with van der Waals surface area (Å²) >= 11 is 0. The minimum atomic E-state index is 0.303. The van der Waals surface area contributed by atoms with Crippen molar-refractivity contribution in [2.45, 2.75) is 12.8 Å². The van der Waals surface area contributed by atoms with Gasteiger partial charge in [-0.2, -0.15) is 0 Å². The van der Waals surface area contributed by atoms with Gasteiger partial charge in [0.15, 0.2) is 0 Å². The summed E-state index contributed by atoms with van der Waals surface area (Å²) in [6.07, 6.45) is 5.08. The molecule has 2 aromatic rings. The fraction of sp³-hybridized carbons (Fsp3) is 0.158. The molecule has 0 amide bonds. The molecule has 2 rings (SSSR count).